The molecule has 2 aromatic rings. The third-order valence-corrected chi connectivity index (χ3v) is 2.74. The van der Waals surface area contributed by atoms with E-state index in [4.69, 9.17) is 9.57 Å². The average Bonchev–Trinajstić information content (AvgIpc) is 2.66. The second-order valence-corrected chi connectivity index (χ2v) is 4.28. The van der Waals surface area contributed by atoms with Gasteiger partial charge in [-0.1, -0.05) is 0 Å². The molecular weight excluding hydrogens is 216 g/mol. The maximum absolute atomic E-state index is 5.32. The lowest BCUT2D eigenvalue weighted by atomic mass is 10.1. The first-order chi connectivity index (χ1) is 8.15. The molecule has 0 saturated carbocycles. The van der Waals surface area contributed by atoms with Gasteiger partial charge in [0.2, 0.25) is 0 Å². The van der Waals surface area contributed by atoms with E-state index in [0.29, 0.717) is 0 Å². The predicted octanol–water partition coefficient (Wildman–Crippen LogP) is 1.77. The zero-order chi connectivity index (χ0) is 12.4. The van der Waals surface area contributed by atoms with Crippen LogP contribution in [-0.4, -0.2) is 37.9 Å². The second kappa shape index (κ2) is 4.67. The van der Waals surface area contributed by atoms with Crippen molar-refractivity contribution in [1.29, 1.82) is 0 Å². The van der Waals surface area contributed by atoms with Crippen molar-refractivity contribution in [3.63, 3.8) is 0 Å². The van der Waals surface area contributed by atoms with Gasteiger partial charge in [-0.3, -0.25) is 0 Å². The maximum atomic E-state index is 5.32. The smallest absolute Gasteiger partial charge is 0.119 e. The molecule has 1 heterocycles. The lowest BCUT2D eigenvalue weighted by molar-refractivity contribution is 0.178. The normalized spacial score (nSPS) is 11.1. The van der Waals surface area contributed by atoms with Crippen molar-refractivity contribution in [3.8, 4) is 5.75 Å². The van der Waals surface area contributed by atoms with Crippen molar-refractivity contribution in [2.45, 2.75) is 6.54 Å². The Bertz CT molecular complexity index is 517. The molecule has 1 aromatic heterocycles. The third-order valence-electron chi connectivity index (χ3n) is 2.74. The Balaban J connectivity index is 2.57. The van der Waals surface area contributed by atoms with E-state index in [2.05, 4.69) is 19.0 Å². The van der Waals surface area contributed by atoms with Gasteiger partial charge in [0.15, 0.2) is 0 Å². The van der Waals surface area contributed by atoms with Gasteiger partial charge >= 0.3 is 0 Å². The first-order valence-corrected chi connectivity index (χ1v) is 5.53. The minimum atomic E-state index is 0.867. The van der Waals surface area contributed by atoms with E-state index in [0.717, 1.165) is 17.8 Å². The minimum absolute atomic E-state index is 0.867. The first kappa shape index (κ1) is 11.8. The van der Waals surface area contributed by atoms with Gasteiger partial charge in [-0.2, -0.15) is 4.73 Å². The SMILES string of the molecule is COc1ccc2c(c1)c(CN(C)C)cn2OC. The molecule has 1 aromatic carbocycles. The highest BCUT2D eigenvalue weighted by Gasteiger charge is 2.10. The molecule has 0 N–H and O–H groups in total. The molecule has 17 heavy (non-hydrogen) atoms. The summed E-state index contributed by atoms with van der Waals surface area (Å²) in [4.78, 5) is 7.45. The van der Waals surface area contributed by atoms with Crippen LogP contribution in [0.2, 0.25) is 0 Å². The summed E-state index contributed by atoms with van der Waals surface area (Å²) in [6, 6.07) is 6.00. The van der Waals surface area contributed by atoms with Crippen LogP contribution in [0.5, 0.6) is 5.75 Å². The van der Waals surface area contributed by atoms with Gasteiger partial charge in [0, 0.05) is 18.1 Å². The van der Waals surface area contributed by atoms with Gasteiger partial charge < -0.3 is 14.5 Å². The molecule has 0 aliphatic carbocycles. The number of nitrogens with zero attached hydrogens (tertiary/aromatic N) is 2. The molecule has 0 spiro atoms. The molecule has 0 fully saturated rings. The summed E-state index contributed by atoms with van der Waals surface area (Å²) < 4.78 is 7.05. The zero-order valence-electron chi connectivity index (χ0n) is 10.7. The summed E-state index contributed by atoms with van der Waals surface area (Å²) in [7, 11) is 7.45. The molecule has 92 valence electrons. The van der Waals surface area contributed by atoms with E-state index in [1.807, 2.05) is 24.4 Å². The molecule has 0 aliphatic rings. The van der Waals surface area contributed by atoms with Crippen molar-refractivity contribution in [2.75, 3.05) is 28.3 Å². The number of fused-ring (bicyclic) bond motifs is 1. The van der Waals surface area contributed by atoms with Crippen LogP contribution in [0.4, 0.5) is 0 Å². The summed E-state index contributed by atoms with van der Waals surface area (Å²) in [5.74, 6) is 0.867. The Morgan fingerprint density at radius 2 is 2.00 bits per heavy atom. The molecule has 4 heteroatoms. The molecule has 0 amide bonds. The fourth-order valence-corrected chi connectivity index (χ4v) is 1.99. The molecule has 0 atom stereocenters. The minimum Gasteiger partial charge on any atom is -0.497 e. The molecule has 0 radical (unpaired) electrons. The largest absolute Gasteiger partial charge is 0.497 e. The van der Waals surface area contributed by atoms with Gasteiger partial charge in [0.05, 0.1) is 12.6 Å². The van der Waals surface area contributed by atoms with Gasteiger partial charge in [0.25, 0.3) is 0 Å². The number of hydrogen-bond donors (Lipinski definition) is 0. The molecule has 0 aliphatic heterocycles. The van der Waals surface area contributed by atoms with E-state index < -0.39 is 0 Å². The first-order valence-electron chi connectivity index (χ1n) is 5.53. The highest BCUT2D eigenvalue weighted by molar-refractivity contribution is 5.85. The van der Waals surface area contributed by atoms with Crippen LogP contribution in [-0.2, 0) is 6.54 Å². The number of rotatable bonds is 4. The van der Waals surface area contributed by atoms with Crippen LogP contribution in [0, 0.1) is 0 Å². The quantitative estimate of drug-likeness (QED) is 0.806. The van der Waals surface area contributed by atoms with Crippen LogP contribution >= 0.6 is 0 Å². The summed E-state index contributed by atoms with van der Waals surface area (Å²) in [6.07, 6.45) is 2.02. The van der Waals surface area contributed by atoms with Crippen LogP contribution in [0.25, 0.3) is 10.9 Å². The second-order valence-electron chi connectivity index (χ2n) is 4.28. The van der Waals surface area contributed by atoms with Crippen LogP contribution in [0.3, 0.4) is 0 Å². The molecule has 0 unspecified atom stereocenters. The summed E-state index contributed by atoms with van der Waals surface area (Å²) in [5, 5.41) is 1.17. The molecular formula is C13H18N2O2. The number of methoxy groups -OCH3 is 1. The fraction of sp³-hybridized carbons (Fsp3) is 0.385. The van der Waals surface area contributed by atoms with Crippen molar-refractivity contribution >= 4 is 10.9 Å². The monoisotopic (exact) mass is 234 g/mol. The van der Waals surface area contributed by atoms with Gasteiger partial charge in [-0.25, -0.2) is 0 Å². The van der Waals surface area contributed by atoms with Crippen molar-refractivity contribution in [2.24, 2.45) is 0 Å². The Hall–Kier alpha value is -1.68. The third kappa shape index (κ3) is 2.22. The van der Waals surface area contributed by atoms with Crippen molar-refractivity contribution in [3.05, 3.63) is 30.0 Å². The van der Waals surface area contributed by atoms with E-state index >= 15 is 0 Å². The summed E-state index contributed by atoms with van der Waals surface area (Å²) >= 11 is 0. The maximum Gasteiger partial charge on any atom is 0.119 e. The topological polar surface area (TPSA) is 26.6 Å². The highest BCUT2D eigenvalue weighted by Crippen LogP contribution is 2.26. The van der Waals surface area contributed by atoms with Gasteiger partial charge in [-0.05, 0) is 37.9 Å². The molecule has 4 nitrogen and oxygen atoms in total. The van der Waals surface area contributed by atoms with Crippen molar-refractivity contribution < 1.29 is 9.57 Å². The Labute approximate surface area is 101 Å². The molecule has 0 saturated heterocycles. The number of aromatic nitrogens is 1. The lowest BCUT2D eigenvalue weighted by Crippen LogP contribution is -2.10. The number of hydrogen-bond acceptors (Lipinski definition) is 3. The number of benzene rings is 1. The van der Waals surface area contributed by atoms with E-state index in [9.17, 15) is 0 Å². The Kier molecular flexibility index (Phi) is 3.24. The fourth-order valence-electron chi connectivity index (χ4n) is 1.99. The lowest BCUT2D eigenvalue weighted by Gasteiger charge is -2.08. The zero-order valence-corrected chi connectivity index (χ0v) is 10.7. The predicted molar refractivity (Wildman–Crippen MR) is 68.4 cm³/mol. The van der Waals surface area contributed by atoms with Gasteiger partial charge in [0.1, 0.15) is 12.9 Å². The van der Waals surface area contributed by atoms with Crippen LogP contribution in [0.15, 0.2) is 24.4 Å². The molecule has 0 bridgehead atoms. The Morgan fingerprint density at radius 3 is 2.59 bits per heavy atom. The van der Waals surface area contributed by atoms with Crippen LogP contribution in [0.1, 0.15) is 5.56 Å². The Morgan fingerprint density at radius 1 is 1.24 bits per heavy atom. The molecule has 2 rings (SSSR count). The summed E-state index contributed by atoms with van der Waals surface area (Å²) in [6.45, 7) is 0.875. The standard InChI is InChI=1S/C13H18N2O2/c1-14(2)8-10-9-15(17-4)13-6-5-11(16-3)7-12(10)13/h5-7,9H,8H2,1-4H3. The average molecular weight is 234 g/mol. The van der Waals surface area contributed by atoms with Crippen LogP contribution < -0.4 is 9.57 Å². The van der Waals surface area contributed by atoms with E-state index in [1.54, 1.807) is 19.0 Å². The summed E-state index contributed by atoms with van der Waals surface area (Å²) in [5.41, 5.74) is 2.29. The van der Waals surface area contributed by atoms with E-state index in [1.165, 1.54) is 10.9 Å². The highest BCUT2D eigenvalue weighted by atomic mass is 16.6. The van der Waals surface area contributed by atoms with Crippen molar-refractivity contribution in [1.82, 2.24) is 9.63 Å². The number of ether oxygens (including phenoxy) is 1. The van der Waals surface area contributed by atoms with E-state index in [-0.39, 0.29) is 0 Å². The van der Waals surface area contributed by atoms with Gasteiger partial charge in [-0.15, -0.1) is 0 Å².